The quantitative estimate of drug-likeness (QED) is 0.102. The van der Waals surface area contributed by atoms with E-state index in [2.05, 4.69) is 6.92 Å². The van der Waals surface area contributed by atoms with Crippen molar-refractivity contribution in [2.24, 2.45) is 5.92 Å². The topological polar surface area (TPSA) is 99.2 Å². The number of carbonyl (C=O) groups excluding carboxylic acids is 4. The van der Waals surface area contributed by atoms with Crippen LogP contribution in [-0.4, -0.2) is 67.5 Å². The first kappa shape index (κ1) is 32.0. The molecule has 0 radical (unpaired) electrons. The number of hydrogen-bond acceptors (Lipinski definition) is 8. The summed E-state index contributed by atoms with van der Waals surface area (Å²) in [6.07, 6.45) is 8.27. The van der Waals surface area contributed by atoms with Crippen molar-refractivity contribution in [1.82, 2.24) is 4.90 Å². The van der Waals surface area contributed by atoms with Crippen LogP contribution in [0.1, 0.15) is 98.8 Å². The highest BCUT2D eigenvalue weighted by atomic mass is 16.6. The molecule has 0 fully saturated rings. The molecule has 0 aromatic rings. The maximum atomic E-state index is 12.7. The Hall–Kier alpha value is -1.96. The Morgan fingerprint density at radius 1 is 0.794 bits per heavy atom. The predicted octanol–water partition coefficient (Wildman–Crippen LogP) is 4.47. The average molecular weight is 486 g/mol. The Balaban J connectivity index is 4.80. The molecule has 0 amide bonds. The SMILES string of the molecule is CCCCCCCCOC(=O)CN(CC=O)CC(=O)OC(CC(C)CC)C(CC)OC(=O)CC. The number of hydrogen-bond donors (Lipinski definition) is 0. The molecule has 198 valence electrons. The third-order valence-corrected chi connectivity index (χ3v) is 5.80. The molecule has 0 aliphatic carbocycles. The average Bonchev–Trinajstić information content (AvgIpc) is 2.81. The van der Waals surface area contributed by atoms with Crippen LogP contribution in [0.4, 0.5) is 0 Å². The zero-order valence-electron chi connectivity index (χ0n) is 22.0. The van der Waals surface area contributed by atoms with Gasteiger partial charge in [-0.05, 0) is 25.2 Å². The second-order valence-electron chi connectivity index (χ2n) is 8.89. The van der Waals surface area contributed by atoms with Crippen LogP contribution in [-0.2, 0) is 33.4 Å². The number of unbranched alkanes of at least 4 members (excludes halogenated alkanes) is 5. The molecular formula is C26H47NO7. The number of rotatable bonds is 21. The van der Waals surface area contributed by atoms with Crippen molar-refractivity contribution in [1.29, 1.82) is 0 Å². The molecule has 0 saturated heterocycles. The lowest BCUT2D eigenvalue weighted by atomic mass is 9.96. The zero-order valence-corrected chi connectivity index (χ0v) is 22.0. The second kappa shape index (κ2) is 20.4. The summed E-state index contributed by atoms with van der Waals surface area (Å²) in [5.74, 6) is -1.10. The van der Waals surface area contributed by atoms with Gasteiger partial charge in [-0.15, -0.1) is 0 Å². The highest BCUT2D eigenvalue weighted by molar-refractivity contribution is 5.76. The Morgan fingerprint density at radius 3 is 2.00 bits per heavy atom. The largest absolute Gasteiger partial charge is 0.465 e. The molecule has 8 nitrogen and oxygen atoms in total. The van der Waals surface area contributed by atoms with Gasteiger partial charge in [-0.25, -0.2) is 0 Å². The summed E-state index contributed by atoms with van der Waals surface area (Å²) in [7, 11) is 0. The molecule has 0 aliphatic rings. The lowest BCUT2D eigenvalue weighted by Gasteiger charge is -2.29. The van der Waals surface area contributed by atoms with Crippen molar-refractivity contribution in [3.05, 3.63) is 0 Å². The van der Waals surface area contributed by atoms with Crippen LogP contribution in [0.3, 0.4) is 0 Å². The normalized spacial score (nSPS) is 13.7. The van der Waals surface area contributed by atoms with Crippen molar-refractivity contribution in [2.75, 3.05) is 26.2 Å². The third-order valence-electron chi connectivity index (χ3n) is 5.80. The van der Waals surface area contributed by atoms with Gasteiger partial charge in [-0.1, -0.05) is 73.1 Å². The fourth-order valence-corrected chi connectivity index (χ4v) is 3.49. The van der Waals surface area contributed by atoms with Crippen LogP contribution in [0.2, 0.25) is 0 Å². The van der Waals surface area contributed by atoms with Crippen LogP contribution in [0.15, 0.2) is 0 Å². The van der Waals surface area contributed by atoms with Crippen LogP contribution < -0.4 is 0 Å². The molecule has 0 aliphatic heterocycles. The summed E-state index contributed by atoms with van der Waals surface area (Å²) in [4.78, 5) is 49.2. The minimum absolute atomic E-state index is 0.0841. The van der Waals surface area contributed by atoms with Crippen molar-refractivity contribution in [2.45, 2.75) is 111 Å². The van der Waals surface area contributed by atoms with Crippen molar-refractivity contribution in [3.8, 4) is 0 Å². The molecule has 0 spiro atoms. The van der Waals surface area contributed by atoms with Gasteiger partial charge in [-0.3, -0.25) is 19.3 Å². The molecule has 3 unspecified atom stereocenters. The minimum atomic E-state index is -0.583. The molecule has 0 aromatic heterocycles. The first-order valence-electron chi connectivity index (χ1n) is 13.0. The molecule has 0 saturated carbocycles. The van der Waals surface area contributed by atoms with Crippen molar-refractivity contribution >= 4 is 24.2 Å². The van der Waals surface area contributed by atoms with Gasteiger partial charge in [0.15, 0.2) is 0 Å². The monoisotopic (exact) mass is 485 g/mol. The molecule has 0 bridgehead atoms. The number of esters is 3. The lowest BCUT2D eigenvalue weighted by Crippen LogP contribution is -2.41. The molecule has 0 N–H and O–H groups in total. The Bertz CT molecular complexity index is 581. The minimum Gasteiger partial charge on any atom is -0.465 e. The number of nitrogens with zero attached hydrogens (tertiary/aromatic N) is 1. The van der Waals surface area contributed by atoms with Crippen molar-refractivity contribution in [3.63, 3.8) is 0 Å². The summed E-state index contributed by atoms with van der Waals surface area (Å²) < 4.78 is 16.5. The van der Waals surface area contributed by atoms with Gasteiger partial charge in [0.1, 0.15) is 18.5 Å². The van der Waals surface area contributed by atoms with E-state index < -0.39 is 24.1 Å². The van der Waals surface area contributed by atoms with Gasteiger partial charge in [-0.2, -0.15) is 0 Å². The molecule has 3 atom stereocenters. The highest BCUT2D eigenvalue weighted by Gasteiger charge is 2.29. The highest BCUT2D eigenvalue weighted by Crippen LogP contribution is 2.20. The first-order chi connectivity index (χ1) is 16.3. The standard InChI is InChI=1S/C26H47NO7/c1-6-10-11-12-13-14-17-32-25(30)19-27(15-16-28)20-26(31)34-23(18-21(5)7-2)22(8-3)33-24(29)9-4/h16,21-23H,6-15,17-20H2,1-5H3. The molecule has 0 heterocycles. The van der Waals surface area contributed by atoms with E-state index in [9.17, 15) is 19.2 Å². The van der Waals surface area contributed by atoms with Crippen LogP contribution >= 0.6 is 0 Å². The van der Waals surface area contributed by atoms with E-state index in [1.54, 1.807) is 6.92 Å². The van der Waals surface area contributed by atoms with Gasteiger partial charge in [0.05, 0.1) is 26.2 Å². The smallest absolute Gasteiger partial charge is 0.320 e. The summed E-state index contributed by atoms with van der Waals surface area (Å²) in [5.41, 5.74) is 0. The van der Waals surface area contributed by atoms with Crippen LogP contribution in [0.25, 0.3) is 0 Å². The summed E-state index contributed by atoms with van der Waals surface area (Å²) >= 11 is 0. The van der Waals surface area contributed by atoms with E-state index in [1.165, 1.54) is 24.2 Å². The molecule has 0 aromatic carbocycles. The summed E-state index contributed by atoms with van der Waals surface area (Å²) in [6, 6.07) is 0. The van der Waals surface area contributed by atoms with Gasteiger partial charge < -0.3 is 19.0 Å². The Kier molecular flexibility index (Phi) is 19.2. The zero-order chi connectivity index (χ0) is 25.8. The summed E-state index contributed by atoms with van der Waals surface area (Å²) in [5, 5.41) is 0. The van der Waals surface area contributed by atoms with Crippen molar-refractivity contribution < 1.29 is 33.4 Å². The number of aldehydes is 1. The van der Waals surface area contributed by atoms with E-state index in [-0.39, 0.29) is 37.9 Å². The first-order valence-corrected chi connectivity index (χ1v) is 13.0. The number of ether oxygens (including phenoxy) is 3. The molecular weight excluding hydrogens is 438 g/mol. The van der Waals surface area contributed by atoms with E-state index in [0.717, 1.165) is 25.7 Å². The maximum absolute atomic E-state index is 12.7. The summed E-state index contributed by atoms with van der Waals surface area (Å²) in [6.45, 7) is 9.72. The lowest BCUT2D eigenvalue weighted by molar-refractivity contribution is -0.170. The van der Waals surface area contributed by atoms with Crippen LogP contribution in [0.5, 0.6) is 0 Å². The van der Waals surface area contributed by atoms with Gasteiger partial charge >= 0.3 is 17.9 Å². The fourth-order valence-electron chi connectivity index (χ4n) is 3.49. The molecule has 0 rings (SSSR count). The Morgan fingerprint density at radius 2 is 1.41 bits per heavy atom. The fraction of sp³-hybridized carbons (Fsp3) is 0.846. The van der Waals surface area contributed by atoms with Gasteiger partial charge in [0, 0.05) is 6.42 Å². The van der Waals surface area contributed by atoms with E-state index in [1.807, 2.05) is 20.8 Å². The van der Waals surface area contributed by atoms with E-state index >= 15 is 0 Å². The van der Waals surface area contributed by atoms with Gasteiger partial charge in [0.25, 0.3) is 0 Å². The second-order valence-corrected chi connectivity index (χ2v) is 8.89. The maximum Gasteiger partial charge on any atom is 0.320 e. The number of carbonyl (C=O) groups is 4. The van der Waals surface area contributed by atoms with Gasteiger partial charge in [0.2, 0.25) is 0 Å². The molecule has 8 heteroatoms. The predicted molar refractivity (Wildman–Crippen MR) is 131 cm³/mol. The molecule has 34 heavy (non-hydrogen) atoms. The van der Waals surface area contributed by atoms with E-state index in [0.29, 0.717) is 25.7 Å². The van der Waals surface area contributed by atoms with Crippen LogP contribution in [0, 0.1) is 5.92 Å². The Labute approximate surface area is 206 Å². The van der Waals surface area contributed by atoms with E-state index in [4.69, 9.17) is 14.2 Å². The third kappa shape index (κ3) is 15.8.